The molecule has 1 aliphatic rings. The van der Waals surface area contributed by atoms with Crippen LogP contribution >= 0.6 is 0 Å². The summed E-state index contributed by atoms with van der Waals surface area (Å²) in [6.07, 6.45) is 3.66. The molecule has 1 amide bonds. The molecular weight excluding hydrogens is 181 g/mol. The van der Waals surface area contributed by atoms with Gasteiger partial charge in [0.15, 0.2) is 0 Å². The topological polar surface area (TPSA) is 49.3 Å². The first kappa shape index (κ1) is 6.71. The molecule has 2 N–H and O–H groups in total. The molecule has 0 aromatic heterocycles. The van der Waals surface area contributed by atoms with Gasteiger partial charge in [0.25, 0.3) is 0 Å². The molecule has 0 spiro atoms. The van der Waals surface area contributed by atoms with Crippen molar-refractivity contribution in [3.05, 3.63) is 12.2 Å². The van der Waals surface area contributed by atoms with E-state index in [4.69, 9.17) is 5.21 Å². The molecule has 9 heavy (non-hydrogen) atoms. The summed E-state index contributed by atoms with van der Waals surface area (Å²) in [5.74, 6) is -0.292. The number of hydroxylamine groups is 1. The Bertz CT molecular complexity index is 164. The van der Waals surface area contributed by atoms with Crippen molar-refractivity contribution in [2.75, 3.05) is 0 Å². The Hall–Kier alpha value is -0.402. The Morgan fingerprint density at radius 3 is 3.00 bits per heavy atom. The zero-order chi connectivity index (χ0) is 6.69. The Balaban J connectivity index is 2.53. The number of carbonyl (C=O) groups excluding carboxylic acids is 1. The maximum atomic E-state index is 10.6. The average Bonchev–Trinajstić information content (AvgIpc) is 2.37. The van der Waals surface area contributed by atoms with E-state index >= 15 is 0 Å². The monoisotopic (exact) mass is 187 g/mol. The van der Waals surface area contributed by atoms with Crippen molar-refractivity contribution < 1.29 is 10.0 Å². The third-order valence-electron chi connectivity index (χ3n) is 1.00. The van der Waals surface area contributed by atoms with E-state index in [2.05, 4.69) is 0 Å². The predicted octanol–water partition coefficient (Wildman–Crippen LogP) is -0.644. The molecule has 0 aliphatic carbocycles. The molecule has 0 bridgehead atoms. The van der Waals surface area contributed by atoms with Gasteiger partial charge in [-0.1, -0.05) is 0 Å². The second-order valence-electron chi connectivity index (χ2n) is 1.60. The summed E-state index contributed by atoms with van der Waals surface area (Å²) < 4.78 is -0.0637. The molecule has 0 radical (unpaired) electrons. The maximum absolute atomic E-state index is 10.6. The van der Waals surface area contributed by atoms with Crippen LogP contribution in [-0.4, -0.2) is 31.2 Å². The number of amides is 1. The van der Waals surface area contributed by atoms with Crippen molar-refractivity contribution >= 4 is 26.0 Å². The summed E-state index contributed by atoms with van der Waals surface area (Å²) in [6.45, 7) is 0. The van der Waals surface area contributed by atoms with Gasteiger partial charge in [0.1, 0.15) is 0 Å². The molecule has 3 nitrogen and oxygen atoms in total. The Morgan fingerprint density at radius 2 is 2.56 bits per heavy atom. The van der Waals surface area contributed by atoms with Crippen LogP contribution in [0.25, 0.3) is 0 Å². The molecule has 1 rings (SSSR count). The molecule has 0 aromatic carbocycles. The van der Waals surface area contributed by atoms with Crippen LogP contribution in [0.2, 0.25) is 4.71 Å². The molecule has 1 unspecified atom stereocenters. The van der Waals surface area contributed by atoms with Crippen LogP contribution in [0.3, 0.4) is 0 Å². The fourth-order valence-corrected chi connectivity index (χ4v) is 2.20. The minimum absolute atomic E-state index is 0.0486. The summed E-state index contributed by atoms with van der Waals surface area (Å²) in [7, 11) is 0. The van der Waals surface area contributed by atoms with E-state index in [1.165, 1.54) is 0 Å². The number of nitrogens with one attached hydrogen (secondary N) is 1. The summed E-state index contributed by atoms with van der Waals surface area (Å²) >= 11 is -0.0486. The van der Waals surface area contributed by atoms with Gasteiger partial charge in [-0.2, -0.15) is 0 Å². The average molecular weight is 187 g/mol. The Labute approximate surface area is 58.9 Å². The fourth-order valence-electron chi connectivity index (χ4n) is 0.568. The second-order valence-corrected chi connectivity index (χ2v) is 4.02. The van der Waals surface area contributed by atoms with E-state index in [-0.39, 0.29) is 25.9 Å². The van der Waals surface area contributed by atoms with Crippen LogP contribution in [0.5, 0.6) is 0 Å². The Morgan fingerprint density at radius 1 is 1.78 bits per heavy atom. The normalized spacial score (nSPS) is 24.3. The van der Waals surface area contributed by atoms with Gasteiger partial charge in [0, 0.05) is 0 Å². The molecule has 0 fully saturated rings. The van der Waals surface area contributed by atoms with Crippen LogP contribution in [0.4, 0.5) is 0 Å². The van der Waals surface area contributed by atoms with Crippen LogP contribution in [-0.2, 0) is 4.79 Å². The molecular formula is C5H6AsNO2. The number of carbonyl (C=O) groups is 1. The van der Waals surface area contributed by atoms with Crippen molar-refractivity contribution in [1.82, 2.24) is 5.48 Å². The fraction of sp³-hybridized carbons (Fsp3) is 0.200. The molecule has 0 saturated heterocycles. The molecule has 48 valence electrons. The van der Waals surface area contributed by atoms with Crippen molar-refractivity contribution in [1.29, 1.82) is 0 Å². The van der Waals surface area contributed by atoms with Gasteiger partial charge in [0.2, 0.25) is 0 Å². The van der Waals surface area contributed by atoms with E-state index in [0.29, 0.717) is 0 Å². The van der Waals surface area contributed by atoms with Gasteiger partial charge in [-0.25, -0.2) is 0 Å². The van der Waals surface area contributed by atoms with Gasteiger partial charge in [-0.3, -0.25) is 0 Å². The molecule has 0 aromatic rings. The molecule has 0 saturated carbocycles. The van der Waals surface area contributed by atoms with Gasteiger partial charge in [0.05, 0.1) is 0 Å². The van der Waals surface area contributed by atoms with Crippen LogP contribution < -0.4 is 5.48 Å². The third-order valence-corrected chi connectivity index (χ3v) is 3.25. The minimum atomic E-state index is -0.292. The van der Waals surface area contributed by atoms with Crippen LogP contribution in [0, 0.1) is 0 Å². The van der Waals surface area contributed by atoms with E-state index in [9.17, 15) is 4.79 Å². The zero-order valence-corrected chi connectivity index (χ0v) is 6.49. The van der Waals surface area contributed by atoms with E-state index in [0.717, 1.165) is 0 Å². The zero-order valence-electron chi connectivity index (χ0n) is 4.61. The quantitative estimate of drug-likeness (QED) is 0.325. The number of hydrogen-bond donors (Lipinski definition) is 2. The summed E-state index contributed by atoms with van der Waals surface area (Å²) in [5.41, 5.74) is 1.62. The van der Waals surface area contributed by atoms with Crippen molar-refractivity contribution in [2.45, 2.75) is 4.71 Å². The van der Waals surface area contributed by atoms with Gasteiger partial charge >= 0.3 is 58.4 Å². The Kier molecular flexibility index (Phi) is 2.20. The van der Waals surface area contributed by atoms with Crippen molar-refractivity contribution in [3.63, 3.8) is 0 Å². The number of hydrogen-bond acceptors (Lipinski definition) is 2. The molecule has 1 heterocycles. The number of rotatable bonds is 1. The van der Waals surface area contributed by atoms with Gasteiger partial charge in [-0.15, -0.1) is 0 Å². The van der Waals surface area contributed by atoms with Crippen LogP contribution in [0.1, 0.15) is 0 Å². The van der Waals surface area contributed by atoms with Crippen molar-refractivity contribution in [2.24, 2.45) is 0 Å². The SMILES string of the molecule is O=C(NO)C1C=CC=[As]1. The number of allylic oxidation sites excluding steroid dienone is 1. The first-order valence-electron chi connectivity index (χ1n) is 2.48. The van der Waals surface area contributed by atoms with E-state index in [1.807, 2.05) is 10.9 Å². The molecule has 1 aliphatic heterocycles. The molecule has 1 atom stereocenters. The van der Waals surface area contributed by atoms with E-state index < -0.39 is 0 Å². The summed E-state index contributed by atoms with van der Waals surface area (Å²) in [6, 6.07) is 0. The standard InChI is InChI=1S/C5H6AsNO2/c8-5(7-9)4-2-1-3-6-4/h1-4,9H,(H,7,8). The van der Waals surface area contributed by atoms with Gasteiger partial charge < -0.3 is 0 Å². The van der Waals surface area contributed by atoms with Gasteiger partial charge in [-0.05, 0) is 0 Å². The van der Waals surface area contributed by atoms with E-state index in [1.54, 1.807) is 11.6 Å². The van der Waals surface area contributed by atoms with Crippen LogP contribution in [0.15, 0.2) is 12.2 Å². The second kappa shape index (κ2) is 2.95. The molecule has 4 heteroatoms. The predicted molar refractivity (Wildman–Crippen MR) is 34.6 cm³/mol. The summed E-state index contributed by atoms with van der Waals surface area (Å²) in [4.78, 5) is 12.6. The summed E-state index contributed by atoms with van der Waals surface area (Å²) in [5, 5.41) is 8.16. The third kappa shape index (κ3) is 1.50. The van der Waals surface area contributed by atoms with Crippen molar-refractivity contribution in [3.8, 4) is 0 Å². The first-order valence-corrected chi connectivity index (χ1v) is 4.65. The first-order chi connectivity index (χ1) is 4.34.